The predicted octanol–water partition coefficient (Wildman–Crippen LogP) is 5.02. The molecule has 0 heterocycles. The van der Waals surface area contributed by atoms with Crippen LogP contribution >= 0.6 is 0 Å². The Hall–Kier alpha value is -1.92. The number of ether oxygens (including phenoxy) is 2. The van der Waals surface area contributed by atoms with Gasteiger partial charge >= 0.3 is 11.9 Å². The predicted molar refractivity (Wildman–Crippen MR) is 130 cm³/mol. The number of hydrogen-bond donors (Lipinski definition) is 0. The summed E-state index contributed by atoms with van der Waals surface area (Å²) >= 11 is 0. The summed E-state index contributed by atoms with van der Waals surface area (Å²) in [6.07, 6.45) is 8.36. The van der Waals surface area contributed by atoms with Crippen molar-refractivity contribution >= 4 is 11.9 Å². The van der Waals surface area contributed by atoms with Crippen molar-refractivity contribution in [2.45, 2.75) is 65.2 Å². The Balaban J connectivity index is 2.35. The zero-order valence-electron chi connectivity index (χ0n) is 20.7. The summed E-state index contributed by atoms with van der Waals surface area (Å²) in [6, 6.07) is 6.73. The molecule has 1 aromatic carbocycles. The van der Waals surface area contributed by atoms with Gasteiger partial charge in [-0.3, -0.25) is 0 Å². The third kappa shape index (κ3) is 12.2. The fourth-order valence-corrected chi connectivity index (χ4v) is 3.37. The van der Waals surface area contributed by atoms with E-state index in [2.05, 4.69) is 37.7 Å². The summed E-state index contributed by atoms with van der Waals surface area (Å²) in [4.78, 5) is 29.6. The number of hydrogen-bond acceptors (Lipinski definition) is 6. The first-order chi connectivity index (χ1) is 15.5. The standard InChI is InChI=1S/C26H44N2O4/c1-5-7-17-27(3)19-11-13-21-31-25(29)23-15-9-10-16-24(23)26(30)32-22-14-12-20-28(4)18-8-6-2/h9-10,15-16H,5-8,11-14,17-22H2,1-4H3. The fourth-order valence-electron chi connectivity index (χ4n) is 3.37. The van der Waals surface area contributed by atoms with Crippen molar-refractivity contribution in [1.29, 1.82) is 0 Å². The Kier molecular flexibility index (Phi) is 15.5. The first-order valence-electron chi connectivity index (χ1n) is 12.3. The minimum absolute atomic E-state index is 0.275. The molecule has 0 atom stereocenters. The van der Waals surface area contributed by atoms with Crippen LogP contribution in [0.3, 0.4) is 0 Å². The summed E-state index contributed by atoms with van der Waals surface area (Å²) in [5.41, 5.74) is 0.550. The number of carbonyl (C=O) groups excluding carboxylic acids is 2. The molecule has 0 amide bonds. The van der Waals surface area contributed by atoms with Gasteiger partial charge in [-0.05, 0) is 90.9 Å². The fraction of sp³-hybridized carbons (Fsp3) is 0.692. The van der Waals surface area contributed by atoms with Gasteiger partial charge < -0.3 is 19.3 Å². The van der Waals surface area contributed by atoms with Crippen LogP contribution in [-0.4, -0.2) is 75.2 Å². The maximum Gasteiger partial charge on any atom is 0.339 e. The largest absolute Gasteiger partial charge is 0.462 e. The average molecular weight is 449 g/mol. The molecule has 0 bridgehead atoms. The number of unbranched alkanes of at least 4 members (excludes halogenated alkanes) is 4. The molecule has 1 rings (SSSR count). The van der Waals surface area contributed by atoms with E-state index in [9.17, 15) is 9.59 Å². The molecule has 0 aromatic heterocycles. The summed E-state index contributed by atoms with van der Waals surface area (Å²) in [7, 11) is 4.24. The topological polar surface area (TPSA) is 59.1 Å². The highest BCUT2D eigenvalue weighted by molar-refractivity contribution is 6.03. The van der Waals surface area contributed by atoms with Crippen LogP contribution in [0.1, 0.15) is 85.9 Å². The van der Waals surface area contributed by atoms with E-state index in [1.807, 2.05) is 0 Å². The van der Waals surface area contributed by atoms with Gasteiger partial charge in [0.05, 0.1) is 24.3 Å². The van der Waals surface area contributed by atoms with E-state index < -0.39 is 11.9 Å². The molecule has 0 radical (unpaired) electrons. The lowest BCUT2D eigenvalue weighted by atomic mass is 10.1. The Morgan fingerprint density at radius 3 is 1.41 bits per heavy atom. The summed E-state index contributed by atoms with van der Waals surface area (Å²) in [6.45, 7) is 9.28. The zero-order chi connectivity index (χ0) is 23.6. The molecular formula is C26H44N2O4. The second kappa shape index (κ2) is 17.6. The van der Waals surface area contributed by atoms with Gasteiger partial charge in [-0.15, -0.1) is 0 Å². The highest BCUT2D eigenvalue weighted by atomic mass is 16.5. The van der Waals surface area contributed by atoms with Crippen LogP contribution in [0.5, 0.6) is 0 Å². The van der Waals surface area contributed by atoms with Crippen molar-refractivity contribution in [3.63, 3.8) is 0 Å². The molecule has 0 aliphatic rings. The molecule has 1 aromatic rings. The van der Waals surface area contributed by atoms with Gasteiger partial charge in [-0.25, -0.2) is 9.59 Å². The lowest BCUT2D eigenvalue weighted by Gasteiger charge is -2.16. The van der Waals surface area contributed by atoms with Crippen molar-refractivity contribution in [2.24, 2.45) is 0 Å². The number of benzene rings is 1. The van der Waals surface area contributed by atoms with Gasteiger partial charge in [0.2, 0.25) is 0 Å². The second-order valence-electron chi connectivity index (χ2n) is 8.55. The van der Waals surface area contributed by atoms with Gasteiger partial charge in [0.25, 0.3) is 0 Å². The van der Waals surface area contributed by atoms with Gasteiger partial charge in [-0.1, -0.05) is 38.8 Å². The van der Waals surface area contributed by atoms with Crippen LogP contribution < -0.4 is 0 Å². The van der Waals surface area contributed by atoms with Crippen LogP contribution in [-0.2, 0) is 9.47 Å². The molecule has 6 heteroatoms. The van der Waals surface area contributed by atoms with E-state index in [-0.39, 0.29) is 11.1 Å². The van der Waals surface area contributed by atoms with Crippen LogP contribution in [0.4, 0.5) is 0 Å². The summed E-state index contributed by atoms with van der Waals surface area (Å²) < 4.78 is 10.8. The number of rotatable bonds is 18. The van der Waals surface area contributed by atoms with Crippen molar-refractivity contribution in [3.05, 3.63) is 35.4 Å². The molecule has 0 unspecified atom stereocenters. The second-order valence-corrected chi connectivity index (χ2v) is 8.55. The Morgan fingerprint density at radius 2 is 1.03 bits per heavy atom. The number of carbonyl (C=O) groups is 2. The van der Waals surface area contributed by atoms with E-state index >= 15 is 0 Å². The minimum Gasteiger partial charge on any atom is -0.462 e. The van der Waals surface area contributed by atoms with Gasteiger partial charge in [0.1, 0.15) is 0 Å². The number of nitrogens with zero attached hydrogens (tertiary/aromatic N) is 2. The monoisotopic (exact) mass is 448 g/mol. The highest BCUT2D eigenvalue weighted by Crippen LogP contribution is 2.13. The van der Waals surface area contributed by atoms with Crippen molar-refractivity contribution in [2.75, 3.05) is 53.5 Å². The van der Waals surface area contributed by atoms with Crippen molar-refractivity contribution in [1.82, 2.24) is 9.80 Å². The van der Waals surface area contributed by atoms with E-state index in [1.54, 1.807) is 24.3 Å². The Labute approximate surface area is 195 Å². The van der Waals surface area contributed by atoms with Crippen LogP contribution in [0, 0.1) is 0 Å². The third-order valence-corrected chi connectivity index (χ3v) is 5.49. The maximum absolute atomic E-state index is 12.5. The normalized spacial score (nSPS) is 11.2. The molecule has 0 aliphatic heterocycles. The summed E-state index contributed by atoms with van der Waals surface area (Å²) in [5.74, 6) is -0.927. The van der Waals surface area contributed by atoms with Gasteiger partial charge in [0, 0.05) is 0 Å². The van der Waals surface area contributed by atoms with Crippen molar-refractivity contribution in [3.8, 4) is 0 Å². The SMILES string of the molecule is CCCCN(C)CCCCOC(=O)c1ccccc1C(=O)OCCCCN(C)CCCC. The number of esters is 2. The molecular weight excluding hydrogens is 404 g/mol. The molecule has 6 nitrogen and oxygen atoms in total. The van der Waals surface area contributed by atoms with E-state index in [0.29, 0.717) is 13.2 Å². The molecule has 0 saturated heterocycles. The Morgan fingerprint density at radius 1 is 0.656 bits per heavy atom. The zero-order valence-corrected chi connectivity index (χ0v) is 20.7. The smallest absolute Gasteiger partial charge is 0.339 e. The minimum atomic E-state index is -0.463. The molecule has 0 N–H and O–H groups in total. The molecule has 32 heavy (non-hydrogen) atoms. The maximum atomic E-state index is 12.5. The summed E-state index contributed by atoms with van der Waals surface area (Å²) in [5, 5.41) is 0. The van der Waals surface area contributed by atoms with Gasteiger partial charge in [0.15, 0.2) is 0 Å². The first-order valence-corrected chi connectivity index (χ1v) is 12.3. The van der Waals surface area contributed by atoms with E-state index in [1.165, 1.54) is 25.7 Å². The quantitative estimate of drug-likeness (QED) is 0.232. The molecule has 0 spiro atoms. The third-order valence-electron chi connectivity index (χ3n) is 5.49. The van der Waals surface area contributed by atoms with Crippen LogP contribution in [0.2, 0.25) is 0 Å². The molecule has 182 valence electrons. The highest BCUT2D eigenvalue weighted by Gasteiger charge is 2.18. The van der Waals surface area contributed by atoms with E-state index in [0.717, 1.165) is 51.9 Å². The lowest BCUT2D eigenvalue weighted by molar-refractivity contribution is 0.0448. The van der Waals surface area contributed by atoms with Crippen molar-refractivity contribution < 1.29 is 19.1 Å². The molecule has 0 aliphatic carbocycles. The lowest BCUT2D eigenvalue weighted by Crippen LogP contribution is -2.21. The first kappa shape index (κ1) is 28.1. The Bertz CT molecular complexity index is 595. The van der Waals surface area contributed by atoms with E-state index in [4.69, 9.17) is 9.47 Å². The van der Waals surface area contributed by atoms with Crippen LogP contribution in [0.15, 0.2) is 24.3 Å². The van der Waals surface area contributed by atoms with Gasteiger partial charge in [-0.2, -0.15) is 0 Å². The molecule has 0 saturated carbocycles. The van der Waals surface area contributed by atoms with Crippen LogP contribution in [0.25, 0.3) is 0 Å². The molecule has 0 fully saturated rings. The average Bonchev–Trinajstić information content (AvgIpc) is 2.80.